The zero-order valence-electron chi connectivity index (χ0n) is 20.6. The van der Waals surface area contributed by atoms with Gasteiger partial charge >= 0.3 is 0 Å². The molecule has 1 aromatic heterocycles. The number of nitrogens with one attached hydrogen (secondary N) is 1. The van der Waals surface area contributed by atoms with Gasteiger partial charge in [0.05, 0.1) is 54.0 Å². The van der Waals surface area contributed by atoms with Crippen molar-refractivity contribution < 1.29 is 29.3 Å². The first-order chi connectivity index (χ1) is 16.2. The number of carbonyl (C=O) groups is 2. The Balaban J connectivity index is 1.85. The van der Waals surface area contributed by atoms with E-state index in [1.807, 2.05) is 12.3 Å². The minimum atomic E-state index is -1.27. The van der Waals surface area contributed by atoms with E-state index in [4.69, 9.17) is 32.7 Å². The van der Waals surface area contributed by atoms with Gasteiger partial charge in [-0.1, -0.05) is 50.9 Å². The number of aromatic nitrogens is 1. The van der Waals surface area contributed by atoms with Crippen molar-refractivity contribution in [2.75, 3.05) is 13.2 Å². The largest absolute Gasteiger partial charge is 0.392 e. The fourth-order valence-corrected chi connectivity index (χ4v) is 5.36. The molecule has 11 heteroatoms. The molecule has 7 atom stereocenters. The first kappa shape index (κ1) is 28.5. The second-order valence-electron chi connectivity index (χ2n) is 10.1. The SMILES string of the molecule is Cc1nc(/C=C(\Cl)[C@@H]2CC3OC3(Cl)COC[C@H](C)[C@H](O)[C@@H](C)C(=O)C(C)(C)[C@@H](O)CC(=O)N2)cs1. The van der Waals surface area contributed by atoms with E-state index in [-0.39, 0.29) is 37.8 Å². The number of epoxide rings is 1. The quantitative estimate of drug-likeness (QED) is 0.383. The van der Waals surface area contributed by atoms with E-state index in [9.17, 15) is 19.8 Å². The van der Waals surface area contributed by atoms with Gasteiger partial charge in [0.1, 0.15) is 11.9 Å². The number of halogens is 2. The number of ketones is 1. The van der Waals surface area contributed by atoms with Crippen LogP contribution >= 0.6 is 34.5 Å². The predicted octanol–water partition coefficient (Wildman–Crippen LogP) is 3.25. The van der Waals surface area contributed by atoms with Crippen LogP contribution in [0.2, 0.25) is 0 Å². The molecule has 2 aliphatic rings. The first-order valence-corrected chi connectivity index (χ1v) is 13.3. The Bertz CT molecular complexity index is 970. The second kappa shape index (κ2) is 11.1. The molecule has 0 saturated carbocycles. The number of thiazole rings is 1. The number of fused-ring (bicyclic) bond motifs is 1. The average molecular weight is 550 g/mol. The van der Waals surface area contributed by atoms with E-state index in [2.05, 4.69) is 10.3 Å². The summed E-state index contributed by atoms with van der Waals surface area (Å²) in [7, 11) is 0. The number of alkyl halides is 1. The highest BCUT2D eigenvalue weighted by molar-refractivity contribution is 7.09. The van der Waals surface area contributed by atoms with Crippen molar-refractivity contribution in [3.8, 4) is 0 Å². The summed E-state index contributed by atoms with van der Waals surface area (Å²) in [6, 6.07) is -0.643. The molecule has 0 bridgehead atoms. The van der Waals surface area contributed by atoms with Crippen molar-refractivity contribution in [1.82, 2.24) is 10.3 Å². The molecule has 2 unspecified atom stereocenters. The van der Waals surface area contributed by atoms with Gasteiger partial charge in [-0.2, -0.15) is 0 Å². The van der Waals surface area contributed by atoms with E-state index in [1.54, 1.807) is 33.8 Å². The highest BCUT2D eigenvalue weighted by Gasteiger charge is 2.56. The van der Waals surface area contributed by atoms with Crippen molar-refractivity contribution in [2.45, 2.75) is 76.9 Å². The van der Waals surface area contributed by atoms with Gasteiger partial charge in [0.25, 0.3) is 0 Å². The maximum Gasteiger partial charge on any atom is 0.223 e. The van der Waals surface area contributed by atoms with E-state index in [0.29, 0.717) is 10.7 Å². The van der Waals surface area contributed by atoms with Crippen LogP contribution < -0.4 is 5.32 Å². The molecule has 3 N–H and O–H groups in total. The maximum atomic E-state index is 13.2. The molecular weight excluding hydrogens is 515 g/mol. The molecular formula is C24H34Cl2N2O6S. The Morgan fingerprint density at radius 2 is 2.00 bits per heavy atom. The zero-order chi connectivity index (χ0) is 26.1. The van der Waals surface area contributed by atoms with Gasteiger partial charge in [-0.05, 0) is 13.0 Å². The molecule has 8 nitrogen and oxygen atoms in total. The van der Waals surface area contributed by atoms with E-state index < -0.39 is 46.7 Å². The van der Waals surface area contributed by atoms with Gasteiger partial charge in [-0.15, -0.1) is 11.3 Å². The van der Waals surface area contributed by atoms with Gasteiger partial charge in [0, 0.05) is 28.7 Å². The monoisotopic (exact) mass is 548 g/mol. The minimum absolute atomic E-state index is 0.0795. The van der Waals surface area contributed by atoms with Crippen LogP contribution in [0.1, 0.15) is 51.2 Å². The number of carbonyl (C=O) groups excluding carboxylic acids is 2. The van der Waals surface area contributed by atoms with Crippen molar-refractivity contribution in [3.63, 3.8) is 0 Å². The van der Waals surface area contributed by atoms with Crippen LogP contribution in [0.15, 0.2) is 10.4 Å². The van der Waals surface area contributed by atoms with Crippen LogP contribution in [-0.4, -0.2) is 69.5 Å². The van der Waals surface area contributed by atoms with Crippen LogP contribution in [0, 0.1) is 24.2 Å². The first-order valence-electron chi connectivity index (χ1n) is 11.7. The molecule has 35 heavy (non-hydrogen) atoms. The number of rotatable bonds is 2. The topological polar surface area (TPSA) is 121 Å². The van der Waals surface area contributed by atoms with Crippen LogP contribution in [0.4, 0.5) is 0 Å². The van der Waals surface area contributed by atoms with Crippen LogP contribution in [0.3, 0.4) is 0 Å². The number of aryl methyl sites for hydroxylation is 1. The summed E-state index contributed by atoms with van der Waals surface area (Å²) < 4.78 is 11.4. The van der Waals surface area contributed by atoms with Gasteiger partial charge in [0.2, 0.25) is 5.91 Å². The Hall–Kier alpha value is -1.07. The van der Waals surface area contributed by atoms with Crippen LogP contribution in [0.5, 0.6) is 0 Å². The molecule has 0 radical (unpaired) electrons. The molecule has 3 heterocycles. The molecule has 0 spiro atoms. The summed E-state index contributed by atoms with van der Waals surface area (Å²) in [4.78, 5) is 30.5. The fourth-order valence-electron chi connectivity index (χ4n) is 4.26. The number of aliphatic hydroxyl groups excluding tert-OH is 2. The van der Waals surface area contributed by atoms with Crippen molar-refractivity contribution in [2.24, 2.45) is 17.3 Å². The molecule has 0 aromatic carbocycles. The molecule has 0 aliphatic carbocycles. The molecule has 1 amide bonds. The lowest BCUT2D eigenvalue weighted by atomic mass is 9.73. The third-order valence-corrected chi connectivity index (χ3v) is 8.44. The predicted molar refractivity (Wildman–Crippen MR) is 135 cm³/mol. The summed E-state index contributed by atoms with van der Waals surface area (Å²) in [6.45, 7) is 8.69. The fraction of sp³-hybridized carbons (Fsp3) is 0.708. The lowest BCUT2D eigenvalue weighted by molar-refractivity contribution is -0.143. The number of hydrogen-bond donors (Lipinski definition) is 3. The van der Waals surface area contributed by atoms with Gasteiger partial charge in [-0.25, -0.2) is 4.98 Å². The van der Waals surface area contributed by atoms with Gasteiger partial charge < -0.3 is 25.0 Å². The summed E-state index contributed by atoms with van der Waals surface area (Å²) in [6.07, 6.45) is -1.03. The third kappa shape index (κ3) is 6.83. The van der Waals surface area contributed by atoms with Crippen LogP contribution in [0.25, 0.3) is 6.08 Å². The number of Topliss-reactive ketones (excluding diaryl/α,β-unsaturated/α-hetero) is 1. The Morgan fingerprint density at radius 1 is 1.31 bits per heavy atom. The second-order valence-corrected chi connectivity index (χ2v) is 12.3. The number of nitrogens with zero attached hydrogens (tertiary/aromatic N) is 1. The van der Waals surface area contributed by atoms with Crippen molar-refractivity contribution >= 4 is 52.3 Å². The number of aliphatic hydroxyl groups is 2. The Kier molecular flexibility index (Phi) is 9.06. The normalized spacial score (nSPS) is 37.5. The van der Waals surface area contributed by atoms with Gasteiger partial charge in [0.15, 0.2) is 5.06 Å². The number of ether oxygens (including phenoxy) is 2. The van der Waals surface area contributed by atoms with E-state index in [0.717, 1.165) is 5.01 Å². The lowest BCUT2D eigenvalue weighted by Gasteiger charge is -2.34. The minimum Gasteiger partial charge on any atom is -0.392 e. The molecule has 196 valence electrons. The van der Waals surface area contributed by atoms with Crippen molar-refractivity contribution in [1.29, 1.82) is 0 Å². The number of amides is 1. The molecule has 2 saturated heterocycles. The van der Waals surface area contributed by atoms with Crippen molar-refractivity contribution in [3.05, 3.63) is 21.1 Å². The highest BCUT2D eigenvalue weighted by Crippen LogP contribution is 2.45. The van der Waals surface area contributed by atoms with E-state index in [1.165, 1.54) is 11.3 Å². The maximum absolute atomic E-state index is 13.2. The van der Waals surface area contributed by atoms with Crippen LogP contribution in [-0.2, 0) is 19.1 Å². The smallest absolute Gasteiger partial charge is 0.223 e. The molecule has 2 aliphatic heterocycles. The summed E-state index contributed by atoms with van der Waals surface area (Å²) >= 11 is 14.6. The van der Waals surface area contributed by atoms with Gasteiger partial charge in [-0.3, -0.25) is 9.59 Å². The standard InChI is InChI=1S/C24H34Cl2N2O6S/c1-12-9-33-11-24(26)19(34-24)7-17(16(25)6-15-10-35-14(3)27-15)28-20(30)8-18(29)23(4,5)22(32)13(2)21(12)31/h6,10,12-13,17-19,21,29,31H,7-9,11H2,1-5H3,(H,28,30)/b16-6-/t12-,13+,17-,18-,19?,21-,24?/m0/s1. The Labute approximate surface area is 220 Å². The van der Waals surface area contributed by atoms with E-state index >= 15 is 0 Å². The average Bonchev–Trinajstić information content (AvgIpc) is 3.22. The highest BCUT2D eigenvalue weighted by atomic mass is 35.5. The molecule has 2 fully saturated rings. The molecule has 3 rings (SSSR count). The Morgan fingerprint density at radius 3 is 2.63 bits per heavy atom. The zero-order valence-corrected chi connectivity index (χ0v) is 22.9. The summed E-state index contributed by atoms with van der Waals surface area (Å²) in [5, 5.41) is 26.4. The lowest BCUT2D eigenvalue weighted by Crippen LogP contribution is -2.47. The molecule has 1 aromatic rings. The summed E-state index contributed by atoms with van der Waals surface area (Å²) in [5.41, 5.74) is -0.586. The third-order valence-electron chi connectivity index (χ3n) is 6.84. The summed E-state index contributed by atoms with van der Waals surface area (Å²) in [5.74, 6) is -1.94. The number of hydrogen-bond acceptors (Lipinski definition) is 8.